The van der Waals surface area contributed by atoms with Crippen LogP contribution in [0.25, 0.3) is 0 Å². The first-order chi connectivity index (χ1) is 9.52. The van der Waals surface area contributed by atoms with Crippen LogP contribution in [0.15, 0.2) is 30.9 Å². The lowest BCUT2D eigenvalue weighted by molar-refractivity contribution is 0.211. The van der Waals surface area contributed by atoms with Crippen molar-refractivity contribution >= 4 is 35.4 Å². The second-order valence-electron chi connectivity index (χ2n) is 4.12. The second kappa shape index (κ2) is 6.43. The van der Waals surface area contributed by atoms with Crippen molar-refractivity contribution in [2.45, 2.75) is 19.6 Å². The van der Waals surface area contributed by atoms with E-state index in [2.05, 4.69) is 16.8 Å². The van der Waals surface area contributed by atoms with E-state index in [-0.39, 0.29) is 6.10 Å². The fraction of sp³-hybridized carbons (Fsp3) is 0.231. The Bertz CT molecular complexity index is 680. The molecule has 1 atom stereocenters. The summed E-state index contributed by atoms with van der Waals surface area (Å²) in [6, 6.07) is 5.06. The number of ether oxygens (including phenoxy) is 1. The topological polar surface area (TPSA) is 42.8 Å². The normalized spacial score (nSPS) is 12.2. The van der Waals surface area contributed by atoms with Crippen LogP contribution in [0.1, 0.15) is 18.9 Å². The van der Waals surface area contributed by atoms with Crippen LogP contribution in [0.4, 0.5) is 0 Å². The second-order valence-corrected chi connectivity index (χ2v) is 5.35. The standard InChI is InChI=1S/C13H13Cl2N3OS/c1-3-6-18-12(16-17-13(18)20)8(2)19-11-7-9(14)4-5-10(11)15/h3-5,7-8H,1,6H2,2H3,(H,17,20)/t8-/m0/s1. The molecule has 0 unspecified atom stereocenters. The molecule has 2 aromatic rings. The Morgan fingerprint density at radius 1 is 1.55 bits per heavy atom. The van der Waals surface area contributed by atoms with Gasteiger partial charge in [0.15, 0.2) is 16.7 Å². The first-order valence-electron chi connectivity index (χ1n) is 5.90. The summed E-state index contributed by atoms with van der Waals surface area (Å²) in [5.41, 5.74) is 0. The summed E-state index contributed by atoms with van der Waals surface area (Å²) in [4.78, 5) is 0. The molecule has 0 aliphatic carbocycles. The van der Waals surface area contributed by atoms with Gasteiger partial charge in [-0.3, -0.25) is 9.67 Å². The first kappa shape index (κ1) is 15.1. The highest BCUT2D eigenvalue weighted by Gasteiger charge is 2.16. The molecule has 0 aliphatic heterocycles. The molecular formula is C13H13Cl2N3OS. The monoisotopic (exact) mass is 329 g/mol. The Morgan fingerprint density at radius 3 is 3.00 bits per heavy atom. The predicted molar refractivity (Wildman–Crippen MR) is 83.1 cm³/mol. The Kier molecular flexibility index (Phi) is 4.86. The van der Waals surface area contributed by atoms with Crippen LogP contribution in [-0.2, 0) is 6.54 Å². The summed E-state index contributed by atoms with van der Waals surface area (Å²) < 4.78 is 8.14. The summed E-state index contributed by atoms with van der Waals surface area (Å²) in [5.74, 6) is 1.18. The molecule has 0 saturated carbocycles. The van der Waals surface area contributed by atoms with Gasteiger partial charge in [-0.1, -0.05) is 29.3 Å². The van der Waals surface area contributed by atoms with E-state index in [9.17, 15) is 0 Å². The maximum Gasteiger partial charge on any atom is 0.195 e. The van der Waals surface area contributed by atoms with E-state index in [0.29, 0.717) is 32.9 Å². The molecule has 1 N–H and O–H groups in total. The number of benzene rings is 1. The Hall–Kier alpha value is -1.30. The largest absolute Gasteiger partial charge is 0.481 e. The number of nitrogens with zero attached hydrogens (tertiary/aromatic N) is 2. The van der Waals surface area contributed by atoms with Gasteiger partial charge in [0.25, 0.3) is 0 Å². The van der Waals surface area contributed by atoms with Crippen molar-refractivity contribution in [1.82, 2.24) is 14.8 Å². The van der Waals surface area contributed by atoms with Crippen molar-refractivity contribution in [1.29, 1.82) is 0 Å². The van der Waals surface area contributed by atoms with E-state index < -0.39 is 0 Å². The van der Waals surface area contributed by atoms with Crippen LogP contribution >= 0.6 is 35.4 Å². The van der Waals surface area contributed by atoms with Gasteiger partial charge in [0, 0.05) is 17.6 Å². The summed E-state index contributed by atoms with van der Waals surface area (Å²) in [5, 5.41) is 7.97. The smallest absolute Gasteiger partial charge is 0.195 e. The van der Waals surface area contributed by atoms with Crippen molar-refractivity contribution in [3.05, 3.63) is 51.5 Å². The number of hydrogen-bond donors (Lipinski definition) is 1. The molecule has 0 spiro atoms. The fourth-order valence-electron chi connectivity index (χ4n) is 1.76. The van der Waals surface area contributed by atoms with E-state index in [1.807, 2.05) is 11.5 Å². The quantitative estimate of drug-likeness (QED) is 0.645. The maximum atomic E-state index is 6.08. The third-order valence-corrected chi connectivity index (χ3v) is 3.52. The molecule has 0 fully saturated rings. The minimum atomic E-state index is -0.334. The lowest BCUT2D eigenvalue weighted by Crippen LogP contribution is -2.11. The predicted octanol–water partition coefficient (Wildman–Crippen LogP) is 4.57. The average molecular weight is 330 g/mol. The van der Waals surface area contributed by atoms with E-state index in [4.69, 9.17) is 40.2 Å². The van der Waals surface area contributed by atoms with Gasteiger partial charge in [-0.25, -0.2) is 0 Å². The lowest BCUT2D eigenvalue weighted by atomic mass is 10.3. The van der Waals surface area contributed by atoms with Gasteiger partial charge >= 0.3 is 0 Å². The number of aromatic nitrogens is 3. The number of rotatable bonds is 5. The molecule has 0 bridgehead atoms. The van der Waals surface area contributed by atoms with Crippen LogP contribution in [0.2, 0.25) is 10.0 Å². The van der Waals surface area contributed by atoms with Gasteiger partial charge in [-0.05, 0) is 31.3 Å². The highest BCUT2D eigenvalue weighted by molar-refractivity contribution is 7.71. The maximum absolute atomic E-state index is 6.08. The highest BCUT2D eigenvalue weighted by Crippen LogP contribution is 2.31. The summed E-state index contributed by atoms with van der Waals surface area (Å²) in [6.07, 6.45) is 1.41. The molecule has 4 nitrogen and oxygen atoms in total. The molecule has 106 valence electrons. The molecule has 0 aliphatic rings. The van der Waals surface area contributed by atoms with E-state index in [0.717, 1.165) is 0 Å². The fourth-order valence-corrected chi connectivity index (χ4v) is 2.29. The third kappa shape index (κ3) is 3.23. The molecule has 1 aromatic carbocycles. The summed E-state index contributed by atoms with van der Waals surface area (Å²) in [7, 11) is 0. The number of hydrogen-bond acceptors (Lipinski definition) is 3. The lowest BCUT2D eigenvalue weighted by Gasteiger charge is -2.16. The molecular weight excluding hydrogens is 317 g/mol. The molecule has 1 aromatic heterocycles. The van der Waals surface area contributed by atoms with E-state index in [1.54, 1.807) is 24.3 Å². The number of allylic oxidation sites excluding steroid dienone is 1. The SMILES string of the molecule is C=CCn1c([C@H](C)Oc2cc(Cl)ccc2Cl)n[nH]c1=S. The van der Waals surface area contributed by atoms with Gasteiger partial charge in [-0.15, -0.1) is 6.58 Å². The van der Waals surface area contributed by atoms with Gasteiger partial charge in [0.05, 0.1) is 5.02 Å². The number of aromatic amines is 1. The molecule has 0 amide bonds. The van der Waals surface area contributed by atoms with Gasteiger partial charge in [0.1, 0.15) is 5.75 Å². The first-order valence-corrected chi connectivity index (χ1v) is 7.07. The van der Waals surface area contributed by atoms with Crippen LogP contribution in [-0.4, -0.2) is 14.8 Å². The number of halogens is 2. The Balaban J connectivity index is 2.28. The zero-order valence-electron chi connectivity index (χ0n) is 10.8. The van der Waals surface area contributed by atoms with E-state index >= 15 is 0 Å². The van der Waals surface area contributed by atoms with Crippen LogP contribution in [0.3, 0.4) is 0 Å². The van der Waals surface area contributed by atoms with Gasteiger partial charge in [0.2, 0.25) is 0 Å². The minimum absolute atomic E-state index is 0.334. The minimum Gasteiger partial charge on any atom is -0.481 e. The molecule has 1 heterocycles. The van der Waals surface area contributed by atoms with E-state index in [1.165, 1.54) is 0 Å². The van der Waals surface area contributed by atoms with Crippen molar-refractivity contribution in [2.75, 3.05) is 0 Å². The Morgan fingerprint density at radius 2 is 2.30 bits per heavy atom. The molecule has 0 saturated heterocycles. The molecule has 7 heteroatoms. The number of H-pyrrole nitrogens is 1. The van der Waals surface area contributed by atoms with Gasteiger partial charge < -0.3 is 4.74 Å². The third-order valence-electron chi connectivity index (χ3n) is 2.66. The van der Waals surface area contributed by atoms with Crippen molar-refractivity contribution in [3.63, 3.8) is 0 Å². The molecule has 2 rings (SSSR count). The van der Waals surface area contributed by atoms with Crippen LogP contribution < -0.4 is 4.74 Å². The van der Waals surface area contributed by atoms with Crippen LogP contribution in [0, 0.1) is 4.77 Å². The van der Waals surface area contributed by atoms with Crippen LogP contribution in [0.5, 0.6) is 5.75 Å². The van der Waals surface area contributed by atoms with Gasteiger partial charge in [-0.2, -0.15) is 5.10 Å². The molecule has 0 radical (unpaired) electrons. The zero-order chi connectivity index (χ0) is 14.7. The Labute approximate surface area is 132 Å². The summed E-state index contributed by atoms with van der Waals surface area (Å²) >= 11 is 17.2. The molecule has 20 heavy (non-hydrogen) atoms. The zero-order valence-corrected chi connectivity index (χ0v) is 13.1. The summed E-state index contributed by atoms with van der Waals surface area (Å²) in [6.45, 7) is 6.12. The highest BCUT2D eigenvalue weighted by atomic mass is 35.5. The van der Waals surface area contributed by atoms with Crippen molar-refractivity contribution in [3.8, 4) is 5.75 Å². The van der Waals surface area contributed by atoms with Crippen molar-refractivity contribution < 1.29 is 4.74 Å². The average Bonchev–Trinajstić information content (AvgIpc) is 2.76. The van der Waals surface area contributed by atoms with Crippen molar-refractivity contribution in [2.24, 2.45) is 0 Å². The number of nitrogens with one attached hydrogen (secondary N) is 1.